The highest BCUT2D eigenvalue weighted by Gasteiger charge is 2.38. The average Bonchev–Trinajstić information content (AvgIpc) is 3.38. The van der Waals surface area contributed by atoms with Gasteiger partial charge in [0.05, 0.1) is 5.39 Å². The molecule has 1 aromatic carbocycles. The van der Waals surface area contributed by atoms with Gasteiger partial charge in [0.2, 0.25) is 0 Å². The molecule has 2 N–H and O–H groups in total. The van der Waals surface area contributed by atoms with Crippen LogP contribution in [0.25, 0.3) is 21.3 Å². The van der Waals surface area contributed by atoms with Crippen LogP contribution in [-0.2, 0) is 9.59 Å². The Hall–Kier alpha value is -4.47. The summed E-state index contributed by atoms with van der Waals surface area (Å²) in [7, 11) is 0. The molecule has 0 saturated carbocycles. The van der Waals surface area contributed by atoms with Gasteiger partial charge in [-0.1, -0.05) is 29.8 Å². The third-order valence-electron chi connectivity index (χ3n) is 5.80. The standard InChI is InChI=1S/C22H21N5S.2C2HF3O2/c1-16-2-4-17(5-3-16)19-14-28-22-20(19)21(24-15-25-22)27-12-10-26(11-13-27)18-6-8-23-9-7-18;2*3-2(4,5)1(6)7/h2-9,14-15H,10-13H2,1H3;2*(H,6,7). The summed E-state index contributed by atoms with van der Waals surface area (Å²) in [4.78, 5) is 37.0. The van der Waals surface area contributed by atoms with Crippen LogP contribution in [0.15, 0.2) is 60.5 Å². The number of halogens is 6. The van der Waals surface area contributed by atoms with Gasteiger partial charge in [-0.25, -0.2) is 19.6 Å². The maximum Gasteiger partial charge on any atom is 0.490 e. The Morgan fingerprint density at radius 2 is 1.31 bits per heavy atom. The van der Waals surface area contributed by atoms with Crippen molar-refractivity contribution in [1.82, 2.24) is 15.0 Å². The number of anilines is 2. The Bertz CT molecular complexity index is 1470. The van der Waals surface area contributed by atoms with Gasteiger partial charge in [0, 0.05) is 55.2 Å². The molecule has 1 aliphatic heterocycles. The molecule has 0 bridgehead atoms. The monoisotopic (exact) mass is 615 g/mol. The Labute approximate surface area is 238 Å². The molecule has 5 rings (SSSR count). The maximum atomic E-state index is 10.6. The van der Waals surface area contributed by atoms with Crippen molar-refractivity contribution in [3.63, 3.8) is 0 Å². The van der Waals surface area contributed by atoms with Gasteiger partial charge in [-0.2, -0.15) is 26.3 Å². The molecule has 0 amide bonds. The highest BCUT2D eigenvalue weighted by atomic mass is 32.1. The van der Waals surface area contributed by atoms with Gasteiger partial charge in [-0.05, 0) is 24.6 Å². The van der Waals surface area contributed by atoms with Crippen molar-refractivity contribution < 1.29 is 46.1 Å². The number of rotatable bonds is 3. The van der Waals surface area contributed by atoms with E-state index in [2.05, 4.69) is 68.5 Å². The minimum atomic E-state index is -5.08. The predicted octanol–water partition coefficient (Wildman–Crippen LogP) is 5.65. The fourth-order valence-electron chi connectivity index (χ4n) is 3.78. The summed E-state index contributed by atoms with van der Waals surface area (Å²) >= 11 is 1.69. The second-order valence-corrected chi connectivity index (χ2v) is 9.54. The van der Waals surface area contributed by atoms with Crippen molar-refractivity contribution >= 4 is 45.0 Å². The van der Waals surface area contributed by atoms with Gasteiger partial charge >= 0.3 is 24.3 Å². The number of carboxylic acids is 2. The van der Waals surface area contributed by atoms with E-state index in [0.29, 0.717) is 0 Å². The molecule has 224 valence electrons. The van der Waals surface area contributed by atoms with E-state index in [1.54, 1.807) is 17.7 Å². The fourth-order valence-corrected chi connectivity index (χ4v) is 4.69. The molecule has 4 aromatic rings. The SMILES string of the molecule is Cc1ccc(-c2csc3ncnc(N4CCN(c5ccncc5)CC4)c23)cc1.O=C(O)C(F)(F)F.O=C(O)C(F)(F)F. The molecule has 4 heterocycles. The van der Waals surface area contributed by atoms with E-state index < -0.39 is 24.3 Å². The summed E-state index contributed by atoms with van der Waals surface area (Å²) in [6, 6.07) is 12.9. The minimum absolute atomic E-state index is 0.942. The quantitative estimate of drug-likeness (QED) is 0.282. The Morgan fingerprint density at radius 3 is 1.81 bits per heavy atom. The van der Waals surface area contributed by atoms with Crippen LogP contribution in [0.3, 0.4) is 0 Å². The van der Waals surface area contributed by atoms with Gasteiger partial charge in [0.15, 0.2) is 0 Å². The number of carbonyl (C=O) groups is 2. The molecular formula is C26H23F6N5O4S. The fraction of sp³-hybridized carbons (Fsp3) is 0.269. The third-order valence-corrected chi connectivity index (χ3v) is 6.69. The Balaban J connectivity index is 0.000000289. The number of hydrogen-bond donors (Lipinski definition) is 2. The van der Waals surface area contributed by atoms with E-state index in [1.807, 2.05) is 12.4 Å². The van der Waals surface area contributed by atoms with Gasteiger partial charge in [-0.15, -0.1) is 11.3 Å². The number of aryl methyl sites for hydroxylation is 1. The van der Waals surface area contributed by atoms with E-state index in [9.17, 15) is 26.3 Å². The van der Waals surface area contributed by atoms with Crippen LogP contribution >= 0.6 is 11.3 Å². The number of carboxylic acid groups (broad SMARTS) is 2. The first-order chi connectivity index (χ1) is 19.7. The highest BCUT2D eigenvalue weighted by Crippen LogP contribution is 2.38. The van der Waals surface area contributed by atoms with E-state index in [4.69, 9.17) is 24.8 Å². The lowest BCUT2D eigenvalue weighted by molar-refractivity contribution is -0.193. The van der Waals surface area contributed by atoms with Crippen LogP contribution in [0.5, 0.6) is 0 Å². The second kappa shape index (κ2) is 13.5. The van der Waals surface area contributed by atoms with Crippen LogP contribution in [0.2, 0.25) is 0 Å². The molecule has 9 nitrogen and oxygen atoms in total. The van der Waals surface area contributed by atoms with Gasteiger partial charge in [-0.3, -0.25) is 4.98 Å². The van der Waals surface area contributed by atoms with E-state index in [-0.39, 0.29) is 0 Å². The van der Waals surface area contributed by atoms with Crippen molar-refractivity contribution in [2.75, 3.05) is 36.0 Å². The first-order valence-electron chi connectivity index (χ1n) is 12.0. The molecule has 0 radical (unpaired) electrons. The van der Waals surface area contributed by atoms with Gasteiger partial charge in [0.25, 0.3) is 0 Å². The van der Waals surface area contributed by atoms with Crippen LogP contribution in [0, 0.1) is 6.92 Å². The van der Waals surface area contributed by atoms with Crippen LogP contribution < -0.4 is 9.80 Å². The van der Waals surface area contributed by atoms with Crippen LogP contribution in [0.4, 0.5) is 37.8 Å². The summed E-state index contributed by atoms with van der Waals surface area (Å²) in [6.07, 6.45) is -4.76. The summed E-state index contributed by atoms with van der Waals surface area (Å²) in [6.45, 7) is 5.95. The number of piperazine rings is 1. The zero-order valence-electron chi connectivity index (χ0n) is 21.7. The van der Waals surface area contributed by atoms with Crippen LogP contribution in [0.1, 0.15) is 5.56 Å². The number of hydrogen-bond acceptors (Lipinski definition) is 8. The number of aliphatic carboxylic acids is 2. The topological polar surface area (TPSA) is 120 Å². The average molecular weight is 616 g/mol. The van der Waals surface area contributed by atoms with Crippen molar-refractivity contribution in [1.29, 1.82) is 0 Å². The lowest BCUT2D eigenvalue weighted by atomic mass is 10.0. The van der Waals surface area contributed by atoms with Crippen LogP contribution in [-0.4, -0.2) is 75.6 Å². The summed E-state index contributed by atoms with van der Waals surface area (Å²) in [5.41, 5.74) is 4.96. The summed E-state index contributed by atoms with van der Waals surface area (Å²) in [5.74, 6) is -4.46. The number of benzene rings is 1. The lowest BCUT2D eigenvalue weighted by Crippen LogP contribution is -2.46. The number of pyridine rings is 1. The molecular weight excluding hydrogens is 592 g/mol. The zero-order chi connectivity index (χ0) is 31.1. The first-order valence-corrected chi connectivity index (χ1v) is 12.9. The Kier molecular flexibility index (Phi) is 10.3. The summed E-state index contributed by atoms with van der Waals surface area (Å²) < 4.78 is 63.5. The van der Waals surface area contributed by atoms with Gasteiger partial charge < -0.3 is 20.0 Å². The minimum Gasteiger partial charge on any atom is -0.475 e. The first kappa shape index (κ1) is 32.0. The maximum absolute atomic E-state index is 10.6. The van der Waals surface area contributed by atoms with Crippen molar-refractivity contribution in [3.8, 4) is 11.1 Å². The molecule has 42 heavy (non-hydrogen) atoms. The van der Waals surface area contributed by atoms with E-state index >= 15 is 0 Å². The molecule has 0 aliphatic carbocycles. The summed E-state index contributed by atoms with van der Waals surface area (Å²) in [5, 5.41) is 17.6. The predicted molar refractivity (Wildman–Crippen MR) is 144 cm³/mol. The van der Waals surface area contributed by atoms with E-state index in [0.717, 1.165) is 36.8 Å². The lowest BCUT2D eigenvalue weighted by Gasteiger charge is -2.37. The molecule has 16 heteroatoms. The molecule has 1 saturated heterocycles. The van der Waals surface area contributed by atoms with Gasteiger partial charge in [0.1, 0.15) is 17.0 Å². The number of thiophene rings is 1. The number of alkyl halides is 6. The molecule has 0 spiro atoms. The number of nitrogens with zero attached hydrogens (tertiary/aromatic N) is 5. The van der Waals surface area contributed by atoms with Crippen molar-refractivity contribution in [3.05, 3.63) is 66.1 Å². The number of fused-ring (bicyclic) bond motifs is 1. The largest absolute Gasteiger partial charge is 0.490 e. The molecule has 1 aliphatic rings. The third kappa shape index (κ3) is 8.52. The van der Waals surface area contributed by atoms with Crippen molar-refractivity contribution in [2.24, 2.45) is 0 Å². The number of aromatic nitrogens is 3. The normalized spacial score (nSPS) is 13.5. The zero-order valence-corrected chi connectivity index (χ0v) is 22.5. The Morgan fingerprint density at radius 1 is 0.810 bits per heavy atom. The second-order valence-electron chi connectivity index (χ2n) is 8.68. The molecule has 0 unspecified atom stereocenters. The molecule has 0 atom stereocenters. The van der Waals surface area contributed by atoms with E-state index in [1.165, 1.54) is 27.8 Å². The molecule has 3 aromatic heterocycles. The smallest absolute Gasteiger partial charge is 0.475 e. The van der Waals surface area contributed by atoms with Crippen molar-refractivity contribution in [2.45, 2.75) is 19.3 Å². The molecule has 1 fully saturated rings. The highest BCUT2D eigenvalue weighted by molar-refractivity contribution is 7.17.